The largest absolute Gasteiger partial charge is 0.364 e. The van der Waals surface area contributed by atoms with Crippen LogP contribution < -0.4 is 21.9 Å². The highest BCUT2D eigenvalue weighted by Crippen LogP contribution is 2.26. The van der Waals surface area contributed by atoms with E-state index in [4.69, 9.17) is 10.8 Å². The molecular formula is C28H31N7O. The normalized spacial score (nSPS) is 13.6. The number of likely N-dealkylation sites (tertiary alicyclic amines) is 1. The number of benzene rings is 2. The van der Waals surface area contributed by atoms with Gasteiger partial charge in [0.05, 0.1) is 16.9 Å². The number of aromatic nitrogens is 2. The summed E-state index contributed by atoms with van der Waals surface area (Å²) >= 11 is 0. The van der Waals surface area contributed by atoms with Crippen LogP contribution in [0.25, 0.3) is 22.2 Å². The number of carbonyl (C=O) groups excluding carboxylic acids is 1. The maximum atomic E-state index is 12.5. The lowest BCUT2D eigenvalue weighted by molar-refractivity contribution is 0.0950. The summed E-state index contributed by atoms with van der Waals surface area (Å²) in [5.74, 6) is 6.34. The topological polar surface area (TPSA) is 108 Å². The lowest BCUT2D eigenvalue weighted by Crippen LogP contribution is -2.33. The van der Waals surface area contributed by atoms with E-state index in [1.165, 1.54) is 12.8 Å². The number of hydrogen-bond acceptors (Lipinski definition) is 7. The molecule has 184 valence electrons. The van der Waals surface area contributed by atoms with Gasteiger partial charge in [0, 0.05) is 42.3 Å². The zero-order valence-electron chi connectivity index (χ0n) is 20.2. The van der Waals surface area contributed by atoms with Crippen LogP contribution in [0.5, 0.6) is 0 Å². The molecule has 0 atom stereocenters. The van der Waals surface area contributed by atoms with Gasteiger partial charge in [-0.1, -0.05) is 24.3 Å². The van der Waals surface area contributed by atoms with Crippen molar-refractivity contribution in [3.05, 3.63) is 84.1 Å². The molecule has 36 heavy (non-hydrogen) atoms. The number of amides is 1. The molecule has 0 bridgehead atoms. The molecule has 1 aliphatic heterocycles. The number of pyridine rings is 2. The standard InChI is InChI=1S/C28H31N7O/c29-34-26-12-11-25(33-27(26)32-19-20-5-10-24-23(18-20)4-3-13-30-24)21-6-8-22(9-7-21)28(36)31-14-17-35-15-1-2-16-35/h3-13,18,34H,1-2,14-17,19,29H2,(H,31,36)(H,32,33). The summed E-state index contributed by atoms with van der Waals surface area (Å²) in [6, 6.07) is 21.5. The van der Waals surface area contributed by atoms with Gasteiger partial charge in [0.15, 0.2) is 5.82 Å². The van der Waals surface area contributed by atoms with Crippen molar-refractivity contribution < 1.29 is 4.79 Å². The van der Waals surface area contributed by atoms with E-state index in [1.54, 1.807) is 6.20 Å². The lowest BCUT2D eigenvalue weighted by Gasteiger charge is -2.15. The first-order valence-electron chi connectivity index (χ1n) is 12.4. The van der Waals surface area contributed by atoms with Crippen molar-refractivity contribution in [2.45, 2.75) is 19.4 Å². The van der Waals surface area contributed by atoms with E-state index in [0.29, 0.717) is 30.2 Å². The summed E-state index contributed by atoms with van der Waals surface area (Å²) in [6.07, 6.45) is 4.30. The number of rotatable bonds is 9. The molecule has 1 fully saturated rings. The van der Waals surface area contributed by atoms with E-state index in [2.05, 4.69) is 44.1 Å². The van der Waals surface area contributed by atoms with Crippen LogP contribution in [-0.4, -0.2) is 47.0 Å². The fourth-order valence-corrected chi connectivity index (χ4v) is 4.52. The van der Waals surface area contributed by atoms with Gasteiger partial charge in [-0.15, -0.1) is 0 Å². The number of hydrazine groups is 1. The summed E-state index contributed by atoms with van der Waals surface area (Å²) in [5.41, 5.74) is 7.86. The van der Waals surface area contributed by atoms with Crippen molar-refractivity contribution >= 4 is 28.3 Å². The molecule has 2 aromatic heterocycles. The number of anilines is 2. The van der Waals surface area contributed by atoms with Gasteiger partial charge in [-0.3, -0.25) is 15.6 Å². The molecule has 4 aromatic rings. The number of nitrogen functional groups attached to an aromatic ring is 1. The molecule has 1 amide bonds. The maximum Gasteiger partial charge on any atom is 0.251 e. The van der Waals surface area contributed by atoms with E-state index in [-0.39, 0.29) is 5.91 Å². The first kappa shape index (κ1) is 23.7. The molecule has 0 saturated carbocycles. The summed E-state index contributed by atoms with van der Waals surface area (Å²) in [5, 5.41) is 7.50. The quantitative estimate of drug-likeness (QED) is 0.211. The predicted octanol–water partition coefficient (Wildman–Crippen LogP) is 4.02. The molecule has 5 rings (SSSR count). The molecule has 0 unspecified atom stereocenters. The van der Waals surface area contributed by atoms with Gasteiger partial charge in [-0.05, 0) is 74.0 Å². The first-order valence-corrected chi connectivity index (χ1v) is 12.4. The summed E-state index contributed by atoms with van der Waals surface area (Å²) in [7, 11) is 0. The van der Waals surface area contributed by atoms with Crippen LogP contribution in [0.15, 0.2) is 72.9 Å². The molecule has 0 radical (unpaired) electrons. The molecule has 1 saturated heterocycles. The fourth-order valence-electron chi connectivity index (χ4n) is 4.52. The van der Waals surface area contributed by atoms with Gasteiger partial charge in [-0.2, -0.15) is 0 Å². The van der Waals surface area contributed by atoms with Crippen LogP contribution in [0, 0.1) is 0 Å². The Bertz CT molecular complexity index is 1330. The van der Waals surface area contributed by atoms with Crippen molar-refractivity contribution in [2.24, 2.45) is 5.84 Å². The molecule has 8 heteroatoms. The number of nitrogens with two attached hydrogens (primary N) is 1. The molecule has 1 aliphatic rings. The fraction of sp³-hybridized carbons (Fsp3) is 0.250. The minimum atomic E-state index is -0.0515. The predicted molar refractivity (Wildman–Crippen MR) is 145 cm³/mol. The van der Waals surface area contributed by atoms with Crippen molar-refractivity contribution in [3.8, 4) is 11.3 Å². The van der Waals surface area contributed by atoms with Gasteiger partial charge in [-0.25, -0.2) is 4.98 Å². The van der Waals surface area contributed by atoms with Crippen LogP contribution >= 0.6 is 0 Å². The zero-order chi connectivity index (χ0) is 24.7. The van der Waals surface area contributed by atoms with E-state index in [0.717, 1.165) is 47.4 Å². The van der Waals surface area contributed by atoms with Crippen LogP contribution in [-0.2, 0) is 6.54 Å². The van der Waals surface area contributed by atoms with Gasteiger partial charge >= 0.3 is 0 Å². The molecule has 0 spiro atoms. The van der Waals surface area contributed by atoms with Crippen LogP contribution in [0.2, 0.25) is 0 Å². The minimum absolute atomic E-state index is 0.0515. The van der Waals surface area contributed by atoms with E-state index >= 15 is 0 Å². The van der Waals surface area contributed by atoms with E-state index in [1.807, 2.05) is 48.5 Å². The van der Waals surface area contributed by atoms with E-state index in [9.17, 15) is 4.79 Å². The third-order valence-electron chi connectivity index (χ3n) is 6.53. The van der Waals surface area contributed by atoms with Gasteiger partial charge in [0.1, 0.15) is 0 Å². The number of hydrogen-bond donors (Lipinski definition) is 4. The van der Waals surface area contributed by atoms with Crippen molar-refractivity contribution in [3.63, 3.8) is 0 Å². The molecular weight excluding hydrogens is 450 g/mol. The van der Waals surface area contributed by atoms with E-state index < -0.39 is 0 Å². The summed E-state index contributed by atoms with van der Waals surface area (Å²) < 4.78 is 0. The van der Waals surface area contributed by atoms with Gasteiger partial charge < -0.3 is 21.0 Å². The Labute approximate surface area is 210 Å². The Morgan fingerprint density at radius 2 is 1.83 bits per heavy atom. The third kappa shape index (κ3) is 5.62. The average molecular weight is 482 g/mol. The average Bonchev–Trinajstić information content (AvgIpc) is 3.45. The molecule has 3 heterocycles. The first-order chi connectivity index (χ1) is 17.7. The van der Waals surface area contributed by atoms with Crippen LogP contribution in [0.1, 0.15) is 28.8 Å². The van der Waals surface area contributed by atoms with Crippen molar-refractivity contribution in [1.82, 2.24) is 20.2 Å². The number of carbonyl (C=O) groups is 1. The Kier molecular flexibility index (Phi) is 7.35. The van der Waals surface area contributed by atoms with Crippen LogP contribution in [0.4, 0.5) is 11.5 Å². The third-order valence-corrected chi connectivity index (χ3v) is 6.53. The highest BCUT2D eigenvalue weighted by molar-refractivity contribution is 5.94. The highest BCUT2D eigenvalue weighted by Gasteiger charge is 2.12. The summed E-state index contributed by atoms with van der Waals surface area (Å²) in [4.78, 5) is 24.1. The van der Waals surface area contributed by atoms with Crippen molar-refractivity contribution in [2.75, 3.05) is 36.9 Å². The Morgan fingerprint density at radius 3 is 2.64 bits per heavy atom. The molecule has 8 nitrogen and oxygen atoms in total. The Morgan fingerprint density at radius 1 is 1.00 bits per heavy atom. The summed E-state index contributed by atoms with van der Waals surface area (Å²) in [6.45, 7) is 4.42. The monoisotopic (exact) mass is 481 g/mol. The Balaban J connectivity index is 1.24. The highest BCUT2D eigenvalue weighted by atomic mass is 16.1. The van der Waals surface area contributed by atoms with Crippen LogP contribution in [0.3, 0.4) is 0 Å². The zero-order valence-corrected chi connectivity index (χ0v) is 20.2. The maximum absolute atomic E-state index is 12.5. The van der Waals surface area contributed by atoms with Gasteiger partial charge in [0.25, 0.3) is 5.91 Å². The number of nitrogens with zero attached hydrogens (tertiary/aromatic N) is 3. The van der Waals surface area contributed by atoms with Gasteiger partial charge in [0.2, 0.25) is 0 Å². The van der Waals surface area contributed by atoms with Crippen molar-refractivity contribution in [1.29, 1.82) is 0 Å². The number of fused-ring (bicyclic) bond motifs is 1. The SMILES string of the molecule is NNc1ccc(-c2ccc(C(=O)NCCN3CCCC3)cc2)nc1NCc1ccc2ncccc2c1. The molecule has 0 aliphatic carbocycles. The second-order valence-electron chi connectivity index (χ2n) is 9.00. The minimum Gasteiger partial charge on any atom is -0.364 e. The lowest BCUT2D eigenvalue weighted by atomic mass is 10.1. The number of nitrogens with one attached hydrogen (secondary N) is 3. The molecule has 2 aromatic carbocycles. The second-order valence-corrected chi connectivity index (χ2v) is 9.00. The Hall–Kier alpha value is -4.01. The second kappa shape index (κ2) is 11.2. The molecule has 5 N–H and O–H groups in total. The smallest absolute Gasteiger partial charge is 0.251 e.